The minimum atomic E-state index is -0.780. The van der Waals surface area contributed by atoms with E-state index < -0.39 is 5.60 Å². The molecule has 0 amide bonds. The van der Waals surface area contributed by atoms with Gasteiger partial charge >= 0.3 is 11.9 Å². The van der Waals surface area contributed by atoms with Crippen LogP contribution < -0.4 is 0 Å². The van der Waals surface area contributed by atoms with E-state index >= 15 is 0 Å². The molecule has 12 unspecified atom stereocenters. The van der Waals surface area contributed by atoms with Crippen LogP contribution in [0.4, 0.5) is 0 Å². The van der Waals surface area contributed by atoms with Gasteiger partial charge in [-0.1, -0.05) is 84.0 Å². The number of aliphatic imine (C=N–C) groups is 1. The number of hydrogen-bond acceptors (Lipinski definition) is 8. The van der Waals surface area contributed by atoms with Crippen LogP contribution in [-0.2, 0) is 33.3 Å². The van der Waals surface area contributed by atoms with Gasteiger partial charge in [0.1, 0.15) is 11.7 Å². The second-order valence-electron chi connectivity index (χ2n) is 16.6. The summed E-state index contributed by atoms with van der Waals surface area (Å²) in [5.74, 6) is 0.104. The molecule has 0 N–H and O–H groups in total. The first-order valence-electron chi connectivity index (χ1n) is 19.8. The second-order valence-corrected chi connectivity index (χ2v) is 16.6. The van der Waals surface area contributed by atoms with E-state index in [1.54, 1.807) is 14.2 Å². The Balaban J connectivity index is 1.15. The molecule has 272 valence electrons. The van der Waals surface area contributed by atoms with Crippen molar-refractivity contribution in [3.8, 4) is 0 Å². The van der Waals surface area contributed by atoms with Crippen LogP contribution in [-0.4, -0.2) is 76.0 Å². The number of methoxy groups -OCH3 is 3. The van der Waals surface area contributed by atoms with Gasteiger partial charge in [0.05, 0.1) is 24.9 Å². The van der Waals surface area contributed by atoms with Gasteiger partial charge in [0.15, 0.2) is 0 Å². The maximum atomic E-state index is 13.9. The summed E-state index contributed by atoms with van der Waals surface area (Å²) in [5, 5.41) is 0. The number of hydrogen-bond donors (Lipinski definition) is 0. The average molecular weight is 672 g/mol. The first-order valence-corrected chi connectivity index (χ1v) is 19.8. The van der Waals surface area contributed by atoms with Crippen LogP contribution in [0.5, 0.6) is 0 Å². The first kappa shape index (κ1) is 36.3. The zero-order valence-corrected chi connectivity index (χ0v) is 30.7. The third-order valence-electron chi connectivity index (χ3n) is 14.3. The lowest BCUT2D eigenvalue weighted by Gasteiger charge is -2.64. The zero-order valence-electron chi connectivity index (χ0n) is 30.7. The molecular weight excluding hydrogens is 606 g/mol. The summed E-state index contributed by atoms with van der Waals surface area (Å²) < 4.78 is 31.7. The molecule has 1 spiro atoms. The van der Waals surface area contributed by atoms with Gasteiger partial charge in [0.25, 0.3) is 0 Å². The summed E-state index contributed by atoms with van der Waals surface area (Å²) in [5.41, 5.74) is -1.13. The highest BCUT2D eigenvalue weighted by atomic mass is 16.6. The molecule has 5 aliphatic carbocycles. The van der Waals surface area contributed by atoms with E-state index in [9.17, 15) is 9.59 Å². The number of nitrogens with zero attached hydrogens (tertiary/aromatic N) is 1. The molecule has 1 heterocycles. The molecule has 8 heteroatoms. The summed E-state index contributed by atoms with van der Waals surface area (Å²) in [6.45, 7) is 4.42. The smallest absolute Gasteiger partial charge is 0.306 e. The minimum absolute atomic E-state index is 0.00968. The average Bonchev–Trinajstić information content (AvgIpc) is 3.48. The van der Waals surface area contributed by atoms with Gasteiger partial charge in [-0.15, -0.1) is 0 Å². The van der Waals surface area contributed by atoms with Crippen molar-refractivity contribution in [2.24, 2.45) is 45.4 Å². The minimum Gasteiger partial charge on any atom is -0.462 e. The molecule has 7 bridgehead atoms. The first-order chi connectivity index (χ1) is 23.3. The van der Waals surface area contributed by atoms with E-state index in [-0.39, 0.29) is 70.8 Å². The lowest BCUT2D eigenvalue weighted by atomic mass is 9.44. The monoisotopic (exact) mass is 671 g/mol. The Morgan fingerprint density at radius 3 is 2.12 bits per heavy atom. The number of unbranched alkanes of at least 4 members (excludes halogenated alkanes) is 12. The molecular formula is C40H65NO7. The molecule has 5 fully saturated rings. The van der Waals surface area contributed by atoms with Crippen LogP contribution in [0.25, 0.3) is 0 Å². The topological polar surface area (TPSA) is 92.7 Å². The van der Waals surface area contributed by atoms with E-state index in [1.807, 2.05) is 7.11 Å². The maximum Gasteiger partial charge on any atom is 0.306 e. The van der Waals surface area contributed by atoms with Crippen molar-refractivity contribution in [2.75, 3.05) is 27.9 Å². The van der Waals surface area contributed by atoms with Gasteiger partial charge in [-0.25, -0.2) is 0 Å². The lowest BCUT2D eigenvalue weighted by molar-refractivity contribution is -0.247. The number of rotatable bonds is 20. The van der Waals surface area contributed by atoms with E-state index in [0.717, 1.165) is 38.5 Å². The van der Waals surface area contributed by atoms with Crippen molar-refractivity contribution < 1.29 is 33.3 Å². The number of carbonyl (C=O) groups is 2. The Hall–Kier alpha value is -1.51. The highest BCUT2D eigenvalue weighted by molar-refractivity contribution is 5.72. The van der Waals surface area contributed by atoms with Gasteiger partial charge in [0, 0.05) is 75.9 Å². The molecule has 0 aromatic rings. The number of carbonyl (C=O) groups excluding carboxylic acids is 2. The number of esters is 2. The Morgan fingerprint density at radius 1 is 0.854 bits per heavy atom. The normalized spacial score (nSPS) is 41.4. The summed E-state index contributed by atoms with van der Waals surface area (Å²) in [6.07, 6.45) is 23.1. The molecule has 0 aromatic heterocycles. The summed E-state index contributed by atoms with van der Waals surface area (Å²) in [7, 11) is 5.41. The highest BCUT2D eigenvalue weighted by Gasteiger charge is 2.84. The molecule has 6 aliphatic rings. The van der Waals surface area contributed by atoms with Crippen LogP contribution in [0.2, 0.25) is 0 Å². The Bertz CT molecular complexity index is 1140. The van der Waals surface area contributed by atoms with Crippen molar-refractivity contribution in [3.63, 3.8) is 0 Å². The van der Waals surface area contributed by atoms with Crippen molar-refractivity contribution in [3.05, 3.63) is 0 Å². The van der Waals surface area contributed by atoms with Gasteiger partial charge in [-0.2, -0.15) is 0 Å². The van der Waals surface area contributed by atoms with Gasteiger partial charge in [-0.3, -0.25) is 14.6 Å². The number of fused-ring (bicyclic) bond motifs is 2. The van der Waals surface area contributed by atoms with E-state index in [0.29, 0.717) is 25.4 Å². The SMILES string of the molecule is CCCCCCCCCCCCCCCC(=O)OC12CC(OC)C3CC(C1C3OC(C)=O)C13C(OC)CCC4(COC)C=NC1C2CC43. The molecule has 48 heavy (non-hydrogen) atoms. The Morgan fingerprint density at radius 2 is 1.52 bits per heavy atom. The molecule has 0 radical (unpaired) electrons. The third-order valence-corrected chi connectivity index (χ3v) is 14.3. The van der Waals surface area contributed by atoms with Crippen molar-refractivity contribution in [2.45, 2.75) is 166 Å². The zero-order chi connectivity index (χ0) is 33.9. The Kier molecular flexibility index (Phi) is 11.6. The fraction of sp³-hybridized carbons (Fsp3) is 0.925. The quantitative estimate of drug-likeness (QED) is 0.0960. The number of ether oxygens (including phenoxy) is 5. The van der Waals surface area contributed by atoms with Crippen molar-refractivity contribution >= 4 is 18.2 Å². The van der Waals surface area contributed by atoms with Crippen LogP contribution >= 0.6 is 0 Å². The standard InChI is InChI=1S/C40H65NO7/c1-6-7-8-9-10-11-12-13-14-15-16-17-18-19-34(43)48-39-24-31(45-4)28-22-29(35(39)36(28)47-27(2)42)40-32-23-30(39)37(40)41-25-38(32,26-44-3)21-20-33(40)46-5/h25,28-33,35-37H,6-24,26H2,1-5H3. The second kappa shape index (κ2) is 15.4. The van der Waals surface area contributed by atoms with Crippen LogP contribution in [0.3, 0.4) is 0 Å². The van der Waals surface area contributed by atoms with Crippen molar-refractivity contribution in [1.29, 1.82) is 0 Å². The summed E-state index contributed by atoms with van der Waals surface area (Å²) >= 11 is 0. The molecule has 0 saturated heterocycles. The maximum absolute atomic E-state index is 13.9. The van der Waals surface area contributed by atoms with Crippen LogP contribution in [0.1, 0.15) is 136 Å². The molecule has 12 atom stereocenters. The summed E-state index contributed by atoms with van der Waals surface area (Å²) in [6, 6.07) is 0.00968. The van der Waals surface area contributed by atoms with Crippen LogP contribution in [0, 0.1) is 40.4 Å². The van der Waals surface area contributed by atoms with E-state index in [2.05, 4.69) is 13.1 Å². The van der Waals surface area contributed by atoms with Crippen LogP contribution in [0.15, 0.2) is 4.99 Å². The molecule has 5 saturated carbocycles. The van der Waals surface area contributed by atoms with Gasteiger partial charge in [0.2, 0.25) is 0 Å². The molecule has 8 nitrogen and oxygen atoms in total. The predicted molar refractivity (Wildman–Crippen MR) is 186 cm³/mol. The molecule has 6 rings (SSSR count). The van der Waals surface area contributed by atoms with Gasteiger partial charge in [-0.05, 0) is 43.9 Å². The highest BCUT2D eigenvalue weighted by Crippen LogP contribution is 2.79. The van der Waals surface area contributed by atoms with Crippen molar-refractivity contribution in [1.82, 2.24) is 0 Å². The lowest BCUT2D eigenvalue weighted by Crippen LogP contribution is -2.71. The molecule has 1 aliphatic heterocycles. The third kappa shape index (κ3) is 6.10. The molecule has 0 aromatic carbocycles. The van der Waals surface area contributed by atoms with E-state index in [1.165, 1.54) is 77.6 Å². The predicted octanol–water partition coefficient (Wildman–Crippen LogP) is 7.88. The largest absolute Gasteiger partial charge is 0.462 e. The van der Waals surface area contributed by atoms with E-state index in [4.69, 9.17) is 28.7 Å². The fourth-order valence-electron chi connectivity index (χ4n) is 12.6. The fourth-order valence-corrected chi connectivity index (χ4v) is 12.6. The summed E-state index contributed by atoms with van der Waals surface area (Å²) in [4.78, 5) is 32.0. The van der Waals surface area contributed by atoms with Gasteiger partial charge < -0.3 is 23.7 Å². The Labute approximate surface area is 290 Å².